The van der Waals surface area contributed by atoms with Gasteiger partial charge in [-0.2, -0.15) is 0 Å². The van der Waals surface area contributed by atoms with Crippen molar-refractivity contribution in [3.63, 3.8) is 0 Å². The Labute approximate surface area is 104 Å². The topological polar surface area (TPSA) is 47.0 Å². The van der Waals surface area contributed by atoms with Crippen LogP contribution < -0.4 is 5.32 Å². The van der Waals surface area contributed by atoms with E-state index in [4.69, 9.17) is 4.74 Å². The van der Waals surface area contributed by atoms with Crippen LogP contribution in [0.25, 0.3) is 0 Å². The highest BCUT2D eigenvalue weighted by molar-refractivity contribution is 9.10. The second-order valence-electron chi connectivity index (χ2n) is 3.99. The number of ether oxygens (including phenoxy) is 1. The van der Waals surface area contributed by atoms with Crippen LogP contribution in [0.5, 0.6) is 0 Å². The minimum Gasteiger partial charge on any atom is -0.376 e. The first kappa shape index (κ1) is 11.8. The number of aryl methyl sites for hydroxylation is 1. The van der Waals surface area contributed by atoms with Crippen molar-refractivity contribution in [1.82, 2.24) is 9.97 Å². The minimum atomic E-state index is 0.322. The number of halogens is 1. The molecule has 1 atom stereocenters. The van der Waals surface area contributed by atoms with Gasteiger partial charge in [0.25, 0.3) is 0 Å². The molecular formula is C11H16BrN3O. The molecule has 16 heavy (non-hydrogen) atoms. The quantitative estimate of drug-likeness (QED) is 0.867. The van der Waals surface area contributed by atoms with E-state index in [0.29, 0.717) is 6.10 Å². The predicted octanol–water partition coefficient (Wildman–Crippen LogP) is 2.53. The Hall–Kier alpha value is -0.680. The summed E-state index contributed by atoms with van der Waals surface area (Å²) in [4.78, 5) is 8.47. The van der Waals surface area contributed by atoms with E-state index < -0.39 is 0 Å². The number of anilines is 1. The van der Waals surface area contributed by atoms with Gasteiger partial charge < -0.3 is 10.1 Å². The van der Waals surface area contributed by atoms with Crippen LogP contribution >= 0.6 is 15.9 Å². The molecular weight excluding hydrogens is 270 g/mol. The van der Waals surface area contributed by atoms with Gasteiger partial charge in [-0.15, -0.1) is 0 Å². The molecule has 0 saturated carbocycles. The van der Waals surface area contributed by atoms with E-state index in [2.05, 4.69) is 31.2 Å². The van der Waals surface area contributed by atoms with Gasteiger partial charge in [0.05, 0.1) is 6.10 Å². The van der Waals surface area contributed by atoms with Crippen molar-refractivity contribution in [3.8, 4) is 0 Å². The monoisotopic (exact) mass is 285 g/mol. The van der Waals surface area contributed by atoms with E-state index in [9.17, 15) is 0 Å². The standard InChI is InChI=1S/C11H16BrN3O/c1-8-14-10(12)6-11(15-8)13-7-9-4-2-3-5-16-9/h6,9H,2-5,7H2,1H3,(H,13,14,15). The Morgan fingerprint density at radius 1 is 1.50 bits per heavy atom. The molecule has 1 N–H and O–H groups in total. The normalized spacial score (nSPS) is 20.8. The van der Waals surface area contributed by atoms with E-state index in [1.807, 2.05) is 13.0 Å². The van der Waals surface area contributed by atoms with Crippen LogP contribution in [-0.4, -0.2) is 29.2 Å². The fraction of sp³-hybridized carbons (Fsp3) is 0.636. The zero-order chi connectivity index (χ0) is 11.4. The van der Waals surface area contributed by atoms with Crippen LogP contribution in [0, 0.1) is 6.92 Å². The molecule has 0 radical (unpaired) electrons. The molecule has 1 aliphatic rings. The molecule has 0 aliphatic carbocycles. The summed E-state index contributed by atoms with van der Waals surface area (Å²) in [5.74, 6) is 1.62. The van der Waals surface area contributed by atoms with Crippen LogP contribution in [0.3, 0.4) is 0 Å². The SMILES string of the molecule is Cc1nc(Br)cc(NCC2CCCCO2)n1. The third-order valence-corrected chi connectivity index (χ3v) is 3.00. The third-order valence-electron chi connectivity index (χ3n) is 2.59. The molecule has 2 rings (SSSR count). The van der Waals surface area contributed by atoms with Crippen molar-refractivity contribution in [3.05, 3.63) is 16.5 Å². The van der Waals surface area contributed by atoms with Crippen LogP contribution in [0.2, 0.25) is 0 Å². The van der Waals surface area contributed by atoms with Crippen LogP contribution in [0.1, 0.15) is 25.1 Å². The lowest BCUT2D eigenvalue weighted by atomic mass is 10.1. The molecule has 2 heterocycles. The molecule has 1 aromatic rings. The first-order valence-electron chi connectivity index (χ1n) is 5.61. The molecule has 1 unspecified atom stereocenters. The minimum absolute atomic E-state index is 0.322. The van der Waals surface area contributed by atoms with Crippen LogP contribution in [0.4, 0.5) is 5.82 Å². The Morgan fingerprint density at radius 2 is 2.38 bits per heavy atom. The van der Waals surface area contributed by atoms with Crippen molar-refractivity contribution in [1.29, 1.82) is 0 Å². The molecule has 0 bridgehead atoms. The van der Waals surface area contributed by atoms with Gasteiger partial charge in [0.1, 0.15) is 16.2 Å². The Kier molecular flexibility index (Phi) is 4.12. The van der Waals surface area contributed by atoms with Gasteiger partial charge in [-0.1, -0.05) is 0 Å². The summed E-state index contributed by atoms with van der Waals surface area (Å²) in [6.07, 6.45) is 3.91. The first-order chi connectivity index (χ1) is 7.74. The molecule has 0 aromatic carbocycles. The van der Waals surface area contributed by atoms with E-state index >= 15 is 0 Å². The molecule has 88 valence electrons. The summed E-state index contributed by atoms with van der Waals surface area (Å²) in [7, 11) is 0. The summed E-state index contributed by atoms with van der Waals surface area (Å²) in [6.45, 7) is 3.59. The number of hydrogen-bond acceptors (Lipinski definition) is 4. The zero-order valence-electron chi connectivity index (χ0n) is 9.37. The largest absolute Gasteiger partial charge is 0.376 e. The molecule has 1 aliphatic heterocycles. The maximum atomic E-state index is 5.64. The number of nitrogens with zero attached hydrogens (tertiary/aromatic N) is 2. The van der Waals surface area contributed by atoms with Crippen molar-refractivity contribution >= 4 is 21.7 Å². The Balaban J connectivity index is 1.88. The molecule has 4 nitrogen and oxygen atoms in total. The maximum Gasteiger partial charge on any atom is 0.130 e. The zero-order valence-corrected chi connectivity index (χ0v) is 11.0. The van der Waals surface area contributed by atoms with Crippen molar-refractivity contribution in [2.75, 3.05) is 18.5 Å². The molecule has 1 fully saturated rings. The number of rotatable bonds is 3. The molecule has 1 saturated heterocycles. The van der Waals surface area contributed by atoms with Gasteiger partial charge >= 0.3 is 0 Å². The number of hydrogen-bond donors (Lipinski definition) is 1. The van der Waals surface area contributed by atoms with Gasteiger partial charge in [-0.05, 0) is 42.1 Å². The fourth-order valence-corrected chi connectivity index (χ4v) is 2.28. The highest BCUT2D eigenvalue weighted by Gasteiger charge is 2.13. The van der Waals surface area contributed by atoms with E-state index in [1.54, 1.807) is 0 Å². The Bertz CT molecular complexity index is 333. The maximum absolute atomic E-state index is 5.64. The van der Waals surface area contributed by atoms with E-state index in [-0.39, 0.29) is 0 Å². The summed E-state index contributed by atoms with van der Waals surface area (Å²) in [5.41, 5.74) is 0. The predicted molar refractivity (Wildman–Crippen MR) is 66.5 cm³/mol. The lowest BCUT2D eigenvalue weighted by Gasteiger charge is -2.22. The van der Waals surface area contributed by atoms with Crippen LogP contribution in [-0.2, 0) is 4.74 Å². The molecule has 0 amide bonds. The second kappa shape index (κ2) is 5.59. The van der Waals surface area contributed by atoms with Gasteiger partial charge in [0.2, 0.25) is 0 Å². The molecule has 1 aromatic heterocycles. The van der Waals surface area contributed by atoms with Crippen molar-refractivity contribution in [2.24, 2.45) is 0 Å². The average Bonchev–Trinajstić information content (AvgIpc) is 2.27. The van der Waals surface area contributed by atoms with Crippen molar-refractivity contribution in [2.45, 2.75) is 32.3 Å². The van der Waals surface area contributed by atoms with Gasteiger partial charge in [0, 0.05) is 19.2 Å². The second-order valence-corrected chi connectivity index (χ2v) is 4.81. The van der Waals surface area contributed by atoms with Crippen LogP contribution in [0.15, 0.2) is 10.7 Å². The molecule has 0 spiro atoms. The highest BCUT2D eigenvalue weighted by atomic mass is 79.9. The summed E-state index contributed by atoms with van der Waals surface area (Å²) >= 11 is 3.36. The average molecular weight is 286 g/mol. The van der Waals surface area contributed by atoms with Gasteiger partial charge in [0.15, 0.2) is 0 Å². The first-order valence-corrected chi connectivity index (χ1v) is 6.40. The van der Waals surface area contributed by atoms with E-state index in [0.717, 1.165) is 35.8 Å². The van der Waals surface area contributed by atoms with Gasteiger partial charge in [-0.25, -0.2) is 9.97 Å². The Morgan fingerprint density at radius 3 is 3.06 bits per heavy atom. The number of aromatic nitrogens is 2. The van der Waals surface area contributed by atoms with E-state index in [1.165, 1.54) is 12.8 Å². The van der Waals surface area contributed by atoms with Gasteiger partial charge in [-0.3, -0.25) is 0 Å². The molecule has 5 heteroatoms. The smallest absolute Gasteiger partial charge is 0.130 e. The highest BCUT2D eigenvalue weighted by Crippen LogP contribution is 2.15. The fourth-order valence-electron chi connectivity index (χ4n) is 1.81. The summed E-state index contributed by atoms with van der Waals surface area (Å²) < 4.78 is 6.45. The third kappa shape index (κ3) is 3.42. The number of nitrogens with one attached hydrogen (secondary N) is 1. The lowest BCUT2D eigenvalue weighted by Crippen LogP contribution is -2.27. The lowest BCUT2D eigenvalue weighted by molar-refractivity contribution is 0.0247. The summed E-state index contributed by atoms with van der Waals surface area (Å²) in [5, 5.41) is 3.29. The summed E-state index contributed by atoms with van der Waals surface area (Å²) in [6, 6.07) is 1.88. The van der Waals surface area contributed by atoms with Crippen molar-refractivity contribution < 1.29 is 4.74 Å².